The van der Waals surface area contributed by atoms with Crippen LogP contribution in [0.25, 0.3) is 0 Å². The summed E-state index contributed by atoms with van der Waals surface area (Å²) < 4.78 is 5.93. The first-order valence-electron chi connectivity index (χ1n) is 7.64. The number of benzene rings is 1. The van der Waals surface area contributed by atoms with Crippen molar-refractivity contribution in [2.24, 2.45) is 0 Å². The molecule has 21 heavy (non-hydrogen) atoms. The number of rotatable bonds is 9. The zero-order valence-electron chi connectivity index (χ0n) is 13.2. The molecule has 0 unspecified atom stereocenters. The molecule has 0 saturated carbocycles. The summed E-state index contributed by atoms with van der Waals surface area (Å²) in [6, 6.07) is 1.80. The van der Waals surface area contributed by atoms with Gasteiger partial charge in [0.25, 0.3) is 0 Å². The normalized spacial score (nSPS) is 10.7. The molecule has 0 heterocycles. The smallest absolute Gasteiger partial charge is 0.163 e. The Kier molecular flexibility index (Phi) is 7.79. The van der Waals surface area contributed by atoms with E-state index in [2.05, 4.69) is 29.8 Å². The molecule has 1 aromatic carbocycles. The molecule has 0 radical (unpaired) electrons. The second-order valence-corrected chi connectivity index (χ2v) is 5.98. The maximum atomic E-state index is 11.7. The number of aromatic hydroxyl groups is 1. The van der Waals surface area contributed by atoms with Crippen LogP contribution in [0.1, 0.15) is 61.5 Å². The number of carbonyl (C=O) groups is 1. The number of phenols is 1. The third kappa shape index (κ3) is 4.73. The molecule has 0 aliphatic carbocycles. The summed E-state index contributed by atoms with van der Waals surface area (Å²) in [5, 5.41) is 11.3. The average Bonchev–Trinajstić information content (AvgIpc) is 2.44. The van der Waals surface area contributed by atoms with Crippen molar-refractivity contribution in [2.45, 2.75) is 52.9 Å². The third-order valence-electron chi connectivity index (χ3n) is 3.35. The zero-order chi connectivity index (χ0) is 15.8. The quantitative estimate of drug-likeness (QED) is 0.397. The van der Waals surface area contributed by atoms with E-state index in [9.17, 15) is 9.90 Å². The minimum atomic E-state index is -0.103. The van der Waals surface area contributed by atoms with Crippen molar-refractivity contribution in [3.8, 4) is 11.5 Å². The second kappa shape index (κ2) is 9.08. The van der Waals surface area contributed by atoms with Gasteiger partial charge in [0.1, 0.15) is 11.5 Å². The fraction of sp³-hybridized carbons (Fsp3) is 0.588. The number of aryl methyl sites for hydroxylation is 1. The molecule has 4 heteroatoms. The monoisotopic (exact) mass is 356 g/mol. The van der Waals surface area contributed by atoms with Crippen LogP contribution in [0.2, 0.25) is 0 Å². The van der Waals surface area contributed by atoms with E-state index in [0.29, 0.717) is 18.6 Å². The number of carbonyl (C=O) groups excluding carboxylic acids is 1. The van der Waals surface area contributed by atoms with Gasteiger partial charge in [-0.25, -0.2) is 0 Å². The number of halogens is 1. The van der Waals surface area contributed by atoms with Gasteiger partial charge in [-0.05, 0) is 37.8 Å². The first-order chi connectivity index (χ1) is 10.1. The van der Waals surface area contributed by atoms with E-state index in [1.54, 1.807) is 6.07 Å². The van der Waals surface area contributed by atoms with Crippen molar-refractivity contribution < 1.29 is 14.6 Å². The van der Waals surface area contributed by atoms with E-state index < -0.39 is 0 Å². The summed E-state index contributed by atoms with van der Waals surface area (Å²) >= 11 is 3.39. The lowest BCUT2D eigenvalue weighted by Gasteiger charge is -2.19. The summed E-state index contributed by atoms with van der Waals surface area (Å²) in [7, 11) is 0. The Morgan fingerprint density at radius 1 is 1.29 bits per heavy atom. The minimum Gasteiger partial charge on any atom is -0.507 e. The van der Waals surface area contributed by atoms with Crippen molar-refractivity contribution in [2.75, 3.05) is 11.9 Å². The lowest BCUT2D eigenvalue weighted by molar-refractivity contribution is 0.101. The molecule has 1 aromatic rings. The largest absolute Gasteiger partial charge is 0.507 e. The van der Waals surface area contributed by atoms with Gasteiger partial charge in [0, 0.05) is 10.9 Å². The Bertz CT molecular complexity index is 483. The van der Waals surface area contributed by atoms with Crippen molar-refractivity contribution in [3.05, 3.63) is 22.8 Å². The van der Waals surface area contributed by atoms with Gasteiger partial charge in [0.05, 0.1) is 12.2 Å². The number of Topliss-reactive ketones (excluding diaryl/α,β-unsaturated/α-hetero) is 1. The molecular weight excluding hydrogens is 332 g/mol. The Balaban J connectivity index is 3.32. The summed E-state index contributed by atoms with van der Waals surface area (Å²) in [4.78, 5) is 11.7. The molecule has 0 aliphatic rings. The van der Waals surface area contributed by atoms with Crippen molar-refractivity contribution in [1.29, 1.82) is 0 Å². The Morgan fingerprint density at radius 3 is 2.48 bits per heavy atom. The molecule has 0 saturated heterocycles. The van der Waals surface area contributed by atoms with E-state index in [0.717, 1.165) is 47.9 Å². The van der Waals surface area contributed by atoms with E-state index in [1.807, 2.05) is 0 Å². The highest BCUT2D eigenvalue weighted by molar-refractivity contribution is 9.09. The Morgan fingerprint density at radius 2 is 1.95 bits per heavy atom. The summed E-state index contributed by atoms with van der Waals surface area (Å²) in [5.41, 5.74) is 2.22. The van der Waals surface area contributed by atoms with Gasteiger partial charge in [-0.3, -0.25) is 4.79 Å². The van der Waals surface area contributed by atoms with Crippen molar-refractivity contribution in [3.63, 3.8) is 0 Å². The van der Waals surface area contributed by atoms with Crippen LogP contribution < -0.4 is 4.74 Å². The zero-order valence-corrected chi connectivity index (χ0v) is 14.8. The number of phenolic OH excluding ortho intramolecular Hbond substituents is 1. The highest BCUT2D eigenvalue weighted by Gasteiger charge is 2.20. The number of hydrogen-bond acceptors (Lipinski definition) is 3. The van der Waals surface area contributed by atoms with Crippen LogP contribution >= 0.6 is 15.9 Å². The van der Waals surface area contributed by atoms with Gasteiger partial charge < -0.3 is 9.84 Å². The molecule has 1 rings (SSSR count). The first-order valence-corrected chi connectivity index (χ1v) is 8.76. The highest BCUT2D eigenvalue weighted by Crippen LogP contribution is 2.37. The molecule has 0 bridgehead atoms. The van der Waals surface area contributed by atoms with Crippen LogP contribution in [-0.2, 0) is 12.8 Å². The van der Waals surface area contributed by atoms with Crippen LogP contribution in [0.5, 0.6) is 11.5 Å². The van der Waals surface area contributed by atoms with Gasteiger partial charge in [-0.2, -0.15) is 0 Å². The predicted octanol–water partition coefficient (Wildman–Crippen LogP) is 4.66. The molecule has 0 atom stereocenters. The van der Waals surface area contributed by atoms with Gasteiger partial charge in [0.2, 0.25) is 0 Å². The number of alkyl halides is 1. The Hall–Kier alpha value is -1.03. The van der Waals surface area contributed by atoms with Crippen molar-refractivity contribution in [1.82, 2.24) is 0 Å². The predicted molar refractivity (Wildman–Crippen MR) is 90.0 cm³/mol. The van der Waals surface area contributed by atoms with Gasteiger partial charge >= 0.3 is 0 Å². The van der Waals surface area contributed by atoms with Crippen LogP contribution in [0.15, 0.2) is 6.07 Å². The van der Waals surface area contributed by atoms with E-state index in [4.69, 9.17) is 4.74 Å². The summed E-state index contributed by atoms with van der Waals surface area (Å²) in [6.07, 6.45) is 4.35. The van der Waals surface area contributed by atoms with Crippen LogP contribution in [-0.4, -0.2) is 22.8 Å². The second-order valence-electron chi connectivity index (χ2n) is 5.19. The SMILES string of the molecule is CCCc1cc(C(C)=O)c(O)c(CCC)c1OCCCBr. The molecule has 118 valence electrons. The molecule has 3 nitrogen and oxygen atoms in total. The Labute approximate surface area is 135 Å². The number of ether oxygens (including phenoxy) is 1. The molecule has 0 aromatic heterocycles. The number of ketones is 1. The van der Waals surface area contributed by atoms with Gasteiger partial charge in [0.15, 0.2) is 5.78 Å². The third-order valence-corrected chi connectivity index (χ3v) is 3.91. The summed E-state index contributed by atoms with van der Waals surface area (Å²) in [6.45, 7) is 6.26. The number of hydrogen-bond donors (Lipinski definition) is 1. The lowest BCUT2D eigenvalue weighted by Crippen LogP contribution is -2.07. The molecule has 0 spiro atoms. The topological polar surface area (TPSA) is 46.5 Å². The van der Waals surface area contributed by atoms with Crippen LogP contribution in [0.4, 0.5) is 0 Å². The maximum Gasteiger partial charge on any atom is 0.163 e. The van der Waals surface area contributed by atoms with Crippen molar-refractivity contribution >= 4 is 21.7 Å². The molecule has 0 amide bonds. The highest BCUT2D eigenvalue weighted by atomic mass is 79.9. The lowest BCUT2D eigenvalue weighted by atomic mass is 9.95. The fourth-order valence-electron chi connectivity index (χ4n) is 2.39. The standard InChI is InChI=1S/C17H25BrO3/c1-4-7-13-11-15(12(3)19)16(20)14(8-5-2)17(13)21-10-6-9-18/h11,20H,4-10H2,1-3H3. The molecular formula is C17H25BrO3. The minimum absolute atomic E-state index is 0.0954. The molecule has 0 fully saturated rings. The molecule has 1 N–H and O–H groups in total. The molecule has 0 aliphatic heterocycles. The average molecular weight is 357 g/mol. The fourth-order valence-corrected chi connectivity index (χ4v) is 2.61. The van der Waals surface area contributed by atoms with Crippen LogP contribution in [0.3, 0.4) is 0 Å². The van der Waals surface area contributed by atoms with Gasteiger partial charge in [-0.15, -0.1) is 0 Å². The summed E-state index contributed by atoms with van der Waals surface area (Å²) in [5.74, 6) is 0.773. The van der Waals surface area contributed by atoms with E-state index >= 15 is 0 Å². The first kappa shape index (κ1) is 18.0. The maximum absolute atomic E-state index is 11.7. The van der Waals surface area contributed by atoms with E-state index in [1.165, 1.54) is 6.92 Å². The van der Waals surface area contributed by atoms with E-state index in [-0.39, 0.29) is 11.5 Å². The van der Waals surface area contributed by atoms with Crippen LogP contribution in [0, 0.1) is 0 Å². The van der Waals surface area contributed by atoms with Gasteiger partial charge in [-0.1, -0.05) is 42.6 Å².